The number of hydrogen-bond donors (Lipinski definition) is 1. The van der Waals surface area contributed by atoms with Gasteiger partial charge >= 0.3 is 0 Å². The third kappa shape index (κ3) is 2.98. The number of methoxy groups -OCH3 is 2. The Bertz CT molecular complexity index is 485. The molecule has 0 unspecified atom stereocenters. The Kier molecular flexibility index (Phi) is 5.04. The molecule has 0 bridgehead atoms. The number of hydrogen-bond acceptors (Lipinski definition) is 3. The standard InChI is InChI=1S/C16H23F2NO2/c1-20-13-8-11(15(17)18)12(9-14(13)21-2)16(10-19)6-4-3-5-7-16/h8-9,15H,3-7,10,19H2,1-2H3. The van der Waals surface area contributed by atoms with Crippen molar-refractivity contribution in [2.24, 2.45) is 5.73 Å². The van der Waals surface area contributed by atoms with Crippen LogP contribution < -0.4 is 15.2 Å². The average Bonchev–Trinajstić information content (AvgIpc) is 2.53. The van der Waals surface area contributed by atoms with Crippen molar-refractivity contribution in [1.82, 2.24) is 0 Å². The summed E-state index contributed by atoms with van der Waals surface area (Å²) in [5.74, 6) is 0.815. The SMILES string of the molecule is COc1cc(C(F)F)c(C2(CN)CCCCC2)cc1OC. The first kappa shape index (κ1) is 16.0. The molecule has 3 nitrogen and oxygen atoms in total. The van der Waals surface area contributed by atoms with E-state index in [1.165, 1.54) is 20.3 Å². The first-order valence-electron chi connectivity index (χ1n) is 7.32. The van der Waals surface area contributed by atoms with E-state index in [1.54, 1.807) is 6.07 Å². The highest BCUT2D eigenvalue weighted by Crippen LogP contribution is 2.46. The smallest absolute Gasteiger partial charge is 0.264 e. The summed E-state index contributed by atoms with van der Waals surface area (Å²) in [6.07, 6.45) is 2.32. The molecule has 21 heavy (non-hydrogen) atoms. The number of rotatable bonds is 5. The van der Waals surface area contributed by atoms with Crippen LogP contribution in [-0.4, -0.2) is 20.8 Å². The third-order valence-electron chi connectivity index (χ3n) is 4.56. The topological polar surface area (TPSA) is 44.5 Å². The van der Waals surface area contributed by atoms with Crippen molar-refractivity contribution in [3.05, 3.63) is 23.3 Å². The molecule has 0 amide bonds. The molecule has 1 saturated carbocycles. The van der Waals surface area contributed by atoms with Gasteiger partial charge in [-0.2, -0.15) is 0 Å². The monoisotopic (exact) mass is 299 g/mol. The van der Waals surface area contributed by atoms with E-state index in [-0.39, 0.29) is 11.0 Å². The van der Waals surface area contributed by atoms with Gasteiger partial charge in [-0.1, -0.05) is 19.3 Å². The first-order valence-corrected chi connectivity index (χ1v) is 7.32. The minimum atomic E-state index is -2.55. The lowest BCUT2D eigenvalue weighted by atomic mass is 9.68. The summed E-state index contributed by atoms with van der Waals surface area (Å²) in [7, 11) is 2.96. The van der Waals surface area contributed by atoms with Crippen molar-refractivity contribution in [3.63, 3.8) is 0 Å². The molecule has 118 valence electrons. The Morgan fingerprint density at radius 1 is 1.10 bits per heavy atom. The van der Waals surface area contributed by atoms with Gasteiger partial charge in [-0.25, -0.2) is 8.78 Å². The molecule has 1 aliphatic carbocycles. The molecule has 0 aliphatic heterocycles. The van der Waals surface area contributed by atoms with E-state index >= 15 is 0 Å². The average molecular weight is 299 g/mol. The normalized spacial score (nSPS) is 17.8. The zero-order valence-electron chi connectivity index (χ0n) is 12.6. The maximum Gasteiger partial charge on any atom is 0.264 e. The first-order chi connectivity index (χ1) is 10.1. The third-order valence-corrected chi connectivity index (χ3v) is 4.56. The van der Waals surface area contributed by atoms with E-state index in [1.807, 2.05) is 0 Å². The molecule has 1 fully saturated rings. The molecule has 0 saturated heterocycles. The fourth-order valence-corrected chi connectivity index (χ4v) is 3.35. The fourth-order valence-electron chi connectivity index (χ4n) is 3.35. The Hall–Kier alpha value is -1.36. The van der Waals surface area contributed by atoms with E-state index in [0.717, 1.165) is 32.1 Å². The Labute approximate surface area is 124 Å². The Balaban J connectivity index is 2.58. The summed E-state index contributed by atoms with van der Waals surface area (Å²) in [5.41, 5.74) is 6.25. The van der Waals surface area contributed by atoms with E-state index in [2.05, 4.69) is 0 Å². The molecule has 0 atom stereocenters. The summed E-state index contributed by atoms with van der Waals surface area (Å²) in [6, 6.07) is 3.09. The van der Waals surface area contributed by atoms with E-state index in [0.29, 0.717) is 23.6 Å². The maximum atomic E-state index is 13.5. The van der Waals surface area contributed by atoms with Gasteiger partial charge in [0.25, 0.3) is 6.43 Å². The summed E-state index contributed by atoms with van der Waals surface area (Å²) >= 11 is 0. The van der Waals surface area contributed by atoms with Crippen molar-refractivity contribution < 1.29 is 18.3 Å². The number of halogens is 2. The molecular weight excluding hydrogens is 276 g/mol. The van der Waals surface area contributed by atoms with Crippen LogP contribution in [0.15, 0.2) is 12.1 Å². The van der Waals surface area contributed by atoms with Gasteiger partial charge in [0.2, 0.25) is 0 Å². The van der Waals surface area contributed by atoms with Crippen LogP contribution in [0.25, 0.3) is 0 Å². The van der Waals surface area contributed by atoms with Gasteiger partial charge in [-0.05, 0) is 30.5 Å². The van der Waals surface area contributed by atoms with Gasteiger partial charge in [-0.15, -0.1) is 0 Å². The van der Waals surface area contributed by atoms with Crippen molar-refractivity contribution in [2.45, 2.75) is 43.9 Å². The highest BCUT2D eigenvalue weighted by atomic mass is 19.3. The minimum absolute atomic E-state index is 0.0139. The summed E-state index contributed by atoms with van der Waals surface area (Å²) in [5, 5.41) is 0. The molecule has 0 radical (unpaired) electrons. The molecule has 1 aromatic carbocycles. The predicted molar refractivity (Wildman–Crippen MR) is 78.3 cm³/mol. The van der Waals surface area contributed by atoms with E-state index < -0.39 is 6.43 Å². The Morgan fingerprint density at radius 2 is 1.67 bits per heavy atom. The zero-order chi connectivity index (χ0) is 15.5. The van der Waals surface area contributed by atoms with Crippen molar-refractivity contribution in [3.8, 4) is 11.5 Å². The van der Waals surface area contributed by atoms with Gasteiger partial charge in [0.15, 0.2) is 11.5 Å². The molecule has 5 heteroatoms. The van der Waals surface area contributed by atoms with Crippen LogP contribution >= 0.6 is 0 Å². The van der Waals surface area contributed by atoms with Crippen molar-refractivity contribution >= 4 is 0 Å². The molecule has 2 rings (SSSR count). The van der Waals surface area contributed by atoms with E-state index in [9.17, 15) is 8.78 Å². The van der Waals surface area contributed by atoms with Crippen molar-refractivity contribution in [2.75, 3.05) is 20.8 Å². The second-order valence-corrected chi connectivity index (χ2v) is 5.64. The van der Waals surface area contributed by atoms with Gasteiger partial charge in [-0.3, -0.25) is 0 Å². The number of ether oxygens (including phenoxy) is 2. The second-order valence-electron chi connectivity index (χ2n) is 5.64. The molecule has 0 spiro atoms. The minimum Gasteiger partial charge on any atom is -0.493 e. The number of nitrogens with two attached hydrogens (primary N) is 1. The van der Waals surface area contributed by atoms with Gasteiger partial charge < -0.3 is 15.2 Å². The van der Waals surface area contributed by atoms with Crippen LogP contribution in [0.4, 0.5) is 8.78 Å². The van der Waals surface area contributed by atoms with Crippen LogP contribution in [-0.2, 0) is 5.41 Å². The number of benzene rings is 1. The van der Waals surface area contributed by atoms with Crippen LogP contribution in [0.1, 0.15) is 49.7 Å². The summed E-state index contributed by atoms with van der Waals surface area (Å²) in [4.78, 5) is 0. The largest absolute Gasteiger partial charge is 0.493 e. The quantitative estimate of drug-likeness (QED) is 0.899. The maximum absolute atomic E-state index is 13.5. The van der Waals surface area contributed by atoms with Gasteiger partial charge in [0.1, 0.15) is 0 Å². The lowest BCUT2D eigenvalue weighted by Crippen LogP contribution is -2.38. The van der Waals surface area contributed by atoms with Gasteiger partial charge in [0, 0.05) is 17.5 Å². The summed E-state index contributed by atoms with van der Waals surface area (Å²) < 4.78 is 37.4. The van der Waals surface area contributed by atoms with Crippen LogP contribution in [0.2, 0.25) is 0 Å². The second kappa shape index (κ2) is 6.60. The van der Waals surface area contributed by atoms with E-state index in [4.69, 9.17) is 15.2 Å². The van der Waals surface area contributed by atoms with Gasteiger partial charge in [0.05, 0.1) is 14.2 Å². The lowest BCUT2D eigenvalue weighted by molar-refractivity contribution is 0.145. The highest BCUT2D eigenvalue weighted by Gasteiger charge is 2.37. The molecule has 1 aliphatic rings. The van der Waals surface area contributed by atoms with Crippen LogP contribution in [0.5, 0.6) is 11.5 Å². The fraction of sp³-hybridized carbons (Fsp3) is 0.625. The summed E-state index contributed by atoms with van der Waals surface area (Å²) in [6.45, 7) is 0.377. The zero-order valence-corrected chi connectivity index (χ0v) is 12.6. The lowest BCUT2D eigenvalue weighted by Gasteiger charge is -2.38. The molecule has 0 aromatic heterocycles. The van der Waals surface area contributed by atoms with Crippen LogP contribution in [0, 0.1) is 0 Å². The van der Waals surface area contributed by atoms with Crippen molar-refractivity contribution in [1.29, 1.82) is 0 Å². The molecule has 0 heterocycles. The van der Waals surface area contributed by atoms with Crippen LogP contribution in [0.3, 0.4) is 0 Å². The molecule has 2 N–H and O–H groups in total. The Morgan fingerprint density at radius 3 is 2.14 bits per heavy atom. The molecular formula is C16H23F2NO2. The predicted octanol–water partition coefficient (Wildman–Crippen LogP) is 3.80. The number of alkyl halides is 2. The molecule has 1 aromatic rings. The highest BCUT2D eigenvalue weighted by molar-refractivity contribution is 5.51.